The van der Waals surface area contributed by atoms with Gasteiger partial charge in [-0.3, -0.25) is 4.79 Å². The van der Waals surface area contributed by atoms with E-state index in [9.17, 15) is 27.9 Å². The summed E-state index contributed by atoms with van der Waals surface area (Å²) in [6.45, 7) is 1.97. The van der Waals surface area contributed by atoms with Crippen LogP contribution >= 0.6 is 0 Å². The van der Waals surface area contributed by atoms with Gasteiger partial charge in [-0.15, -0.1) is 0 Å². The average molecular weight is 575 g/mol. The van der Waals surface area contributed by atoms with E-state index < -0.39 is 29.7 Å². The molecule has 0 unspecified atom stereocenters. The van der Waals surface area contributed by atoms with Crippen LogP contribution in [-0.4, -0.2) is 85.0 Å². The minimum atomic E-state index is -4.13. The summed E-state index contributed by atoms with van der Waals surface area (Å²) in [6, 6.07) is 13.7. The lowest BCUT2D eigenvalue weighted by atomic mass is 9.67. The maximum Gasteiger partial charge on any atom is 0.395 e. The Hall–Kier alpha value is -3.11. The molecule has 1 N–H and O–H groups in total. The van der Waals surface area contributed by atoms with Gasteiger partial charge in [-0.25, -0.2) is 4.79 Å². The number of aliphatic hydroxyl groups is 1. The van der Waals surface area contributed by atoms with Gasteiger partial charge in [0, 0.05) is 25.1 Å². The molecule has 5 rings (SSSR count). The number of halogens is 3. The van der Waals surface area contributed by atoms with Gasteiger partial charge in [-0.05, 0) is 74.0 Å². The highest BCUT2D eigenvalue weighted by atomic mass is 19.4. The molecular weight excluding hydrogens is 537 g/mol. The van der Waals surface area contributed by atoms with Gasteiger partial charge in [0.2, 0.25) is 0 Å². The molecule has 2 aromatic carbocycles. The SMILES string of the molecule is COC(=O)[C@@H]1C[C@@H](O)CN1C(=O)c1ccccc1-c1ccc(OCC2CCN(CC3(C(F)(F)F)CCC3)CC2)cc1. The van der Waals surface area contributed by atoms with Gasteiger partial charge in [-0.1, -0.05) is 36.8 Å². The number of aliphatic hydroxyl groups excluding tert-OH is 1. The second kappa shape index (κ2) is 12.0. The number of ether oxygens (including phenoxy) is 2. The summed E-state index contributed by atoms with van der Waals surface area (Å²) in [6.07, 6.45) is -2.04. The highest BCUT2D eigenvalue weighted by molar-refractivity contribution is 6.02. The van der Waals surface area contributed by atoms with Crippen LogP contribution in [0.5, 0.6) is 5.75 Å². The van der Waals surface area contributed by atoms with E-state index in [2.05, 4.69) is 0 Å². The monoisotopic (exact) mass is 574 g/mol. The number of carbonyl (C=O) groups excluding carboxylic acids is 2. The standard InChI is InChI=1S/C31H37F3N2O5/c1-40-29(39)27-17-23(37)18-36(27)28(38)26-6-3-2-5-25(26)22-7-9-24(10-8-22)41-19-21-11-15-35(16-12-21)20-30(13-4-14-30)31(32,33)34/h2-3,5-10,21,23,27,37H,4,11-20H2,1H3/t23-,27+/m1/s1. The number of amides is 1. The predicted molar refractivity (Wildman–Crippen MR) is 146 cm³/mol. The van der Waals surface area contributed by atoms with Crippen LogP contribution in [0.15, 0.2) is 48.5 Å². The Morgan fingerprint density at radius 1 is 1.05 bits per heavy atom. The molecule has 0 bridgehead atoms. The second-order valence-corrected chi connectivity index (χ2v) is 11.6. The normalized spacial score (nSPS) is 23.2. The fourth-order valence-corrected chi connectivity index (χ4v) is 6.29. The van der Waals surface area contributed by atoms with Crippen molar-refractivity contribution in [1.29, 1.82) is 0 Å². The zero-order valence-corrected chi connectivity index (χ0v) is 23.2. The van der Waals surface area contributed by atoms with Gasteiger partial charge in [-0.2, -0.15) is 13.2 Å². The second-order valence-electron chi connectivity index (χ2n) is 11.6. The molecule has 222 valence electrons. The van der Waals surface area contributed by atoms with E-state index in [-0.39, 0.29) is 44.2 Å². The van der Waals surface area contributed by atoms with Crippen molar-refractivity contribution in [2.45, 2.75) is 56.8 Å². The van der Waals surface area contributed by atoms with E-state index in [0.717, 1.165) is 18.4 Å². The molecule has 2 aliphatic heterocycles. The molecule has 7 nitrogen and oxygen atoms in total. The minimum Gasteiger partial charge on any atom is -0.493 e. The Kier molecular flexibility index (Phi) is 8.61. The first-order valence-electron chi connectivity index (χ1n) is 14.3. The third-order valence-electron chi connectivity index (χ3n) is 8.97. The average Bonchev–Trinajstić information content (AvgIpc) is 3.35. The zero-order valence-electron chi connectivity index (χ0n) is 23.2. The molecule has 2 heterocycles. The van der Waals surface area contributed by atoms with E-state index in [1.807, 2.05) is 41.3 Å². The number of hydrogen-bond acceptors (Lipinski definition) is 6. The molecule has 0 spiro atoms. The topological polar surface area (TPSA) is 79.3 Å². The van der Waals surface area contributed by atoms with E-state index in [1.54, 1.807) is 12.1 Å². The van der Waals surface area contributed by atoms with Gasteiger partial charge in [0.1, 0.15) is 11.8 Å². The van der Waals surface area contributed by atoms with Gasteiger partial charge in [0.15, 0.2) is 0 Å². The smallest absolute Gasteiger partial charge is 0.395 e. The molecule has 0 aromatic heterocycles. The molecular formula is C31H37F3N2O5. The van der Waals surface area contributed by atoms with Gasteiger partial charge < -0.3 is 24.4 Å². The largest absolute Gasteiger partial charge is 0.493 e. The van der Waals surface area contributed by atoms with Crippen molar-refractivity contribution in [3.63, 3.8) is 0 Å². The van der Waals surface area contributed by atoms with Crippen molar-refractivity contribution < 1.29 is 37.3 Å². The highest BCUT2D eigenvalue weighted by Crippen LogP contribution is 2.53. The van der Waals surface area contributed by atoms with Crippen molar-refractivity contribution in [3.05, 3.63) is 54.1 Å². The number of β-amino-alcohol motifs (C(OH)–C–C–N with tert-alkyl or cyclic N) is 1. The number of carbonyl (C=O) groups is 2. The molecule has 0 radical (unpaired) electrons. The zero-order chi connectivity index (χ0) is 29.2. The third kappa shape index (κ3) is 6.23. The Labute approximate surface area is 238 Å². The summed E-state index contributed by atoms with van der Waals surface area (Å²) in [7, 11) is 1.26. The number of benzene rings is 2. The van der Waals surface area contributed by atoms with Crippen LogP contribution in [0.25, 0.3) is 11.1 Å². The molecule has 1 aliphatic carbocycles. The number of piperidine rings is 1. The lowest BCUT2D eigenvalue weighted by Crippen LogP contribution is -2.53. The maximum atomic E-state index is 13.5. The predicted octanol–water partition coefficient (Wildman–Crippen LogP) is 4.93. The number of esters is 1. The summed E-state index contributed by atoms with van der Waals surface area (Å²) in [4.78, 5) is 29.0. The van der Waals surface area contributed by atoms with Crippen molar-refractivity contribution >= 4 is 11.9 Å². The van der Waals surface area contributed by atoms with E-state index in [1.165, 1.54) is 12.0 Å². The number of alkyl halides is 3. The molecule has 3 aliphatic rings. The maximum absolute atomic E-state index is 13.5. The fourth-order valence-electron chi connectivity index (χ4n) is 6.29. The van der Waals surface area contributed by atoms with Crippen LogP contribution in [0.4, 0.5) is 13.2 Å². The molecule has 41 heavy (non-hydrogen) atoms. The Morgan fingerprint density at radius 3 is 2.34 bits per heavy atom. The summed E-state index contributed by atoms with van der Waals surface area (Å²) in [5, 5.41) is 10.1. The van der Waals surface area contributed by atoms with E-state index in [4.69, 9.17) is 9.47 Å². The molecule has 2 atom stereocenters. The lowest BCUT2D eigenvalue weighted by Gasteiger charge is -2.47. The summed E-state index contributed by atoms with van der Waals surface area (Å²) < 4.78 is 51.5. The van der Waals surface area contributed by atoms with E-state index >= 15 is 0 Å². The van der Waals surface area contributed by atoms with Gasteiger partial charge in [0.05, 0.1) is 25.2 Å². The van der Waals surface area contributed by atoms with Gasteiger partial charge >= 0.3 is 12.1 Å². The fraction of sp³-hybridized carbons (Fsp3) is 0.548. The first kappa shape index (κ1) is 29.4. The quantitative estimate of drug-likeness (QED) is 0.451. The van der Waals surface area contributed by atoms with Crippen LogP contribution in [0.2, 0.25) is 0 Å². The Balaban J connectivity index is 1.17. The molecule has 2 aromatic rings. The van der Waals surface area contributed by atoms with Crippen LogP contribution in [0.1, 0.15) is 48.9 Å². The summed E-state index contributed by atoms with van der Waals surface area (Å²) >= 11 is 0. The molecule has 10 heteroatoms. The van der Waals surface area contributed by atoms with Crippen LogP contribution < -0.4 is 4.74 Å². The van der Waals surface area contributed by atoms with Gasteiger partial charge in [0.25, 0.3) is 5.91 Å². The van der Waals surface area contributed by atoms with Crippen molar-refractivity contribution in [2.24, 2.45) is 11.3 Å². The molecule has 2 saturated heterocycles. The van der Waals surface area contributed by atoms with Crippen molar-refractivity contribution in [3.8, 4) is 16.9 Å². The first-order chi connectivity index (χ1) is 19.6. The number of nitrogens with zero attached hydrogens (tertiary/aromatic N) is 2. The molecule has 1 saturated carbocycles. The first-order valence-corrected chi connectivity index (χ1v) is 14.3. The highest BCUT2D eigenvalue weighted by Gasteiger charge is 2.58. The minimum absolute atomic E-state index is 0.0574. The van der Waals surface area contributed by atoms with Crippen molar-refractivity contribution in [1.82, 2.24) is 9.80 Å². The number of hydrogen-bond donors (Lipinski definition) is 1. The van der Waals surface area contributed by atoms with Crippen LogP contribution in [0, 0.1) is 11.3 Å². The van der Waals surface area contributed by atoms with Crippen molar-refractivity contribution in [2.75, 3.05) is 39.9 Å². The lowest BCUT2D eigenvalue weighted by molar-refractivity contribution is -0.256. The number of rotatable bonds is 8. The summed E-state index contributed by atoms with van der Waals surface area (Å²) in [5.74, 6) is 0.0609. The number of methoxy groups -OCH3 is 1. The molecule has 3 fully saturated rings. The number of likely N-dealkylation sites (tertiary alicyclic amines) is 2. The Morgan fingerprint density at radius 2 is 1.73 bits per heavy atom. The third-order valence-corrected chi connectivity index (χ3v) is 8.97. The molecule has 1 amide bonds. The van der Waals surface area contributed by atoms with E-state index in [0.29, 0.717) is 43.0 Å². The van der Waals surface area contributed by atoms with Crippen LogP contribution in [0.3, 0.4) is 0 Å². The Bertz CT molecular complexity index is 1220. The summed E-state index contributed by atoms with van der Waals surface area (Å²) in [5.41, 5.74) is 0.410. The van der Waals surface area contributed by atoms with Crippen LogP contribution in [-0.2, 0) is 9.53 Å².